The molecule has 204 valence electrons. The topological polar surface area (TPSA) is 73.4 Å². The van der Waals surface area contributed by atoms with E-state index in [4.69, 9.17) is 4.74 Å². The minimum absolute atomic E-state index is 0.0846. The lowest BCUT2D eigenvalue weighted by atomic mass is 9.69. The van der Waals surface area contributed by atoms with Gasteiger partial charge in [-0.1, -0.05) is 24.3 Å². The van der Waals surface area contributed by atoms with Gasteiger partial charge in [-0.05, 0) is 87.9 Å². The number of nitrogens with zero attached hydrogens (tertiary/aromatic N) is 4. The fraction of sp³-hybridized carbons (Fsp3) is 0.750. The second-order valence-corrected chi connectivity index (χ2v) is 14.4. The zero-order valence-corrected chi connectivity index (χ0v) is 23.2. The van der Waals surface area contributed by atoms with Crippen molar-refractivity contribution in [3.05, 3.63) is 35.4 Å². The van der Waals surface area contributed by atoms with Gasteiger partial charge in [0.05, 0.1) is 0 Å². The van der Waals surface area contributed by atoms with Crippen molar-refractivity contribution in [1.29, 1.82) is 0 Å². The molecule has 8 nitrogen and oxygen atoms in total. The standard InChI is InChI=1S/C28H42N4O4S/c1-29(2)37(34,35)31-19-22-7-3-4-11-25(22)28(20-31)12-15-30(16-13-28)23-17-21-8-6-14-32(26(21)18-23)27(33)36-24-9-5-10-24/h3-4,7,11,21,23-24,26H,5-6,8-10,12-20H2,1-2H3. The van der Waals surface area contributed by atoms with E-state index in [1.807, 2.05) is 6.07 Å². The fourth-order valence-corrected chi connectivity index (χ4v) is 8.84. The molecular weight excluding hydrogens is 488 g/mol. The summed E-state index contributed by atoms with van der Waals surface area (Å²) >= 11 is 0. The van der Waals surface area contributed by atoms with Crippen LogP contribution in [-0.4, -0.2) is 91.4 Å². The van der Waals surface area contributed by atoms with Gasteiger partial charge in [-0.25, -0.2) is 4.79 Å². The van der Waals surface area contributed by atoms with Crippen LogP contribution in [0.4, 0.5) is 4.79 Å². The van der Waals surface area contributed by atoms with Crippen LogP contribution in [0.25, 0.3) is 0 Å². The summed E-state index contributed by atoms with van der Waals surface area (Å²) in [6.07, 6.45) is 9.65. The van der Waals surface area contributed by atoms with Crippen LogP contribution >= 0.6 is 0 Å². The number of fused-ring (bicyclic) bond motifs is 3. The SMILES string of the molecule is CN(C)S(=O)(=O)N1Cc2ccccc2C2(CCN(C3CC4CCCN(C(=O)OC5CCC5)C4C3)CC2)C1. The monoisotopic (exact) mass is 530 g/mol. The third kappa shape index (κ3) is 4.60. The van der Waals surface area contributed by atoms with E-state index < -0.39 is 10.2 Å². The molecule has 9 heteroatoms. The molecule has 3 atom stereocenters. The molecule has 2 saturated carbocycles. The Morgan fingerprint density at radius 1 is 1.03 bits per heavy atom. The summed E-state index contributed by atoms with van der Waals surface area (Å²) in [5.74, 6) is 0.569. The van der Waals surface area contributed by atoms with E-state index in [1.165, 1.54) is 22.7 Å². The summed E-state index contributed by atoms with van der Waals surface area (Å²) in [7, 11) is -0.237. The highest BCUT2D eigenvalue weighted by atomic mass is 32.2. The molecule has 0 N–H and O–H groups in total. The van der Waals surface area contributed by atoms with Crippen molar-refractivity contribution in [2.45, 2.75) is 87.9 Å². The molecule has 1 spiro atoms. The average molecular weight is 531 g/mol. The Kier molecular flexibility index (Phi) is 6.79. The van der Waals surface area contributed by atoms with Gasteiger partial charge in [-0.2, -0.15) is 17.0 Å². The normalized spacial score (nSPS) is 30.7. The predicted octanol–water partition coefficient (Wildman–Crippen LogP) is 3.57. The predicted molar refractivity (Wildman–Crippen MR) is 142 cm³/mol. The van der Waals surface area contributed by atoms with E-state index in [1.54, 1.807) is 18.4 Å². The van der Waals surface area contributed by atoms with Gasteiger partial charge in [0.25, 0.3) is 10.2 Å². The van der Waals surface area contributed by atoms with Crippen molar-refractivity contribution in [2.75, 3.05) is 40.3 Å². The summed E-state index contributed by atoms with van der Waals surface area (Å²) in [4.78, 5) is 17.6. The van der Waals surface area contributed by atoms with Gasteiger partial charge in [0, 0.05) is 51.2 Å². The molecular formula is C28H42N4O4S. The van der Waals surface area contributed by atoms with E-state index >= 15 is 0 Å². The Labute approximate surface area is 222 Å². The number of hydrogen-bond acceptors (Lipinski definition) is 5. The molecule has 5 aliphatic rings. The maximum atomic E-state index is 13.1. The highest BCUT2D eigenvalue weighted by molar-refractivity contribution is 7.86. The molecule has 2 aliphatic carbocycles. The highest BCUT2D eigenvalue weighted by Gasteiger charge is 2.49. The van der Waals surface area contributed by atoms with Gasteiger partial charge in [-0.3, -0.25) is 0 Å². The Bertz CT molecular complexity index is 1110. The van der Waals surface area contributed by atoms with Crippen molar-refractivity contribution < 1.29 is 17.9 Å². The van der Waals surface area contributed by atoms with Gasteiger partial charge >= 0.3 is 6.09 Å². The Balaban J connectivity index is 1.15. The maximum absolute atomic E-state index is 13.1. The third-order valence-corrected chi connectivity index (χ3v) is 11.9. The lowest BCUT2D eigenvalue weighted by molar-refractivity contribution is 0.00653. The van der Waals surface area contributed by atoms with Crippen LogP contribution in [0.2, 0.25) is 0 Å². The van der Waals surface area contributed by atoms with E-state index in [2.05, 4.69) is 28.0 Å². The molecule has 0 bridgehead atoms. The van der Waals surface area contributed by atoms with E-state index in [-0.39, 0.29) is 17.6 Å². The first kappa shape index (κ1) is 25.6. The van der Waals surface area contributed by atoms with E-state index in [0.717, 1.165) is 70.1 Å². The number of carbonyl (C=O) groups excluding carboxylic acids is 1. The van der Waals surface area contributed by atoms with Crippen LogP contribution in [0.5, 0.6) is 0 Å². The molecule has 6 rings (SSSR count). The summed E-state index contributed by atoms with van der Waals surface area (Å²) < 4.78 is 35.0. The molecule has 3 heterocycles. The molecule has 37 heavy (non-hydrogen) atoms. The summed E-state index contributed by atoms with van der Waals surface area (Å²) in [5.41, 5.74) is 2.34. The fourth-order valence-electron chi connectivity index (χ4n) is 7.66. The van der Waals surface area contributed by atoms with Crippen molar-refractivity contribution in [3.63, 3.8) is 0 Å². The molecule has 3 aliphatic heterocycles. The number of rotatable bonds is 4. The van der Waals surface area contributed by atoms with Crippen molar-refractivity contribution in [2.24, 2.45) is 5.92 Å². The largest absolute Gasteiger partial charge is 0.446 e. The minimum atomic E-state index is -3.48. The van der Waals surface area contributed by atoms with Crippen LogP contribution in [0.3, 0.4) is 0 Å². The Hall–Kier alpha value is -1.68. The number of ether oxygens (including phenoxy) is 1. The molecule has 3 unspecified atom stereocenters. The zero-order chi connectivity index (χ0) is 25.8. The minimum Gasteiger partial charge on any atom is -0.446 e. The first-order valence-corrected chi connectivity index (χ1v) is 15.6. The second-order valence-electron chi connectivity index (χ2n) is 12.3. The van der Waals surface area contributed by atoms with Crippen LogP contribution in [0.15, 0.2) is 24.3 Å². The maximum Gasteiger partial charge on any atom is 0.410 e. The second kappa shape index (κ2) is 9.81. The first-order chi connectivity index (χ1) is 17.8. The lowest BCUT2D eigenvalue weighted by Crippen LogP contribution is -2.55. The summed E-state index contributed by atoms with van der Waals surface area (Å²) in [6.45, 7) is 3.77. The van der Waals surface area contributed by atoms with Crippen molar-refractivity contribution >= 4 is 16.3 Å². The molecule has 1 amide bonds. The summed E-state index contributed by atoms with van der Waals surface area (Å²) in [5, 5.41) is 0. The van der Waals surface area contributed by atoms with Crippen molar-refractivity contribution in [1.82, 2.24) is 18.4 Å². The van der Waals surface area contributed by atoms with Crippen LogP contribution in [0.1, 0.15) is 68.9 Å². The smallest absolute Gasteiger partial charge is 0.410 e. The van der Waals surface area contributed by atoms with Gasteiger partial charge in [0.2, 0.25) is 0 Å². The number of benzene rings is 1. The zero-order valence-electron chi connectivity index (χ0n) is 22.3. The molecule has 1 aromatic carbocycles. The van der Waals surface area contributed by atoms with Crippen LogP contribution in [0, 0.1) is 5.92 Å². The number of piperidine rings is 2. The van der Waals surface area contributed by atoms with E-state index in [9.17, 15) is 13.2 Å². The number of hydrogen-bond donors (Lipinski definition) is 0. The Morgan fingerprint density at radius 3 is 2.49 bits per heavy atom. The molecule has 2 saturated heterocycles. The van der Waals surface area contributed by atoms with Gasteiger partial charge in [0.15, 0.2) is 0 Å². The number of likely N-dealkylation sites (tertiary alicyclic amines) is 2. The third-order valence-electron chi connectivity index (χ3n) is 10.0. The molecule has 0 radical (unpaired) electrons. The number of amides is 1. The van der Waals surface area contributed by atoms with E-state index in [0.29, 0.717) is 31.1 Å². The molecule has 0 aromatic heterocycles. The molecule has 4 fully saturated rings. The summed E-state index contributed by atoms with van der Waals surface area (Å²) in [6, 6.07) is 9.24. The van der Waals surface area contributed by atoms with Crippen LogP contribution in [-0.2, 0) is 26.9 Å². The van der Waals surface area contributed by atoms with Gasteiger partial charge in [-0.15, -0.1) is 0 Å². The number of carbonyl (C=O) groups is 1. The lowest BCUT2D eigenvalue weighted by Gasteiger charge is -2.49. The van der Waals surface area contributed by atoms with Gasteiger partial charge < -0.3 is 14.5 Å². The Morgan fingerprint density at radius 2 is 1.78 bits per heavy atom. The van der Waals surface area contributed by atoms with Crippen LogP contribution < -0.4 is 0 Å². The van der Waals surface area contributed by atoms with Crippen molar-refractivity contribution in [3.8, 4) is 0 Å². The first-order valence-electron chi connectivity index (χ1n) is 14.2. The highest BCUT2D eigenvalue weighted by Crippen LogP contribution is 2.46. The molecule has 1 aromatic rings. The average Bonchev–Trinajstić information content (AvgIpc) is 3.31. The quantitative estimate of drug-likeness (QED) is 0.595. The van der Waals surface area contributed by atoms with Gasteiger partial charge in [0.1, 0.15) is 6.10 Å².